The van der Waals surface area contributed by atoms with Crippen LogP contribution in [0.1, 0.15) is 6.42 Å². The molecule has 160 valence electrons. The first kappa shape index (κ1) is 21.9. The Bertz CT molecular complexity index is 852. The Kier molecular flexibility index (Phi) is 7.93. The normalized spacial score (nSPS) is 14.3. The van der Waals surface area contributed by atoms with Gasteiger partial charge in [-0.1, -0.05) is 23.7 Å². The van der Waals surface area contributed by atoms with Gasteiger partial charge in [0, 0.05) is 43.4 Å². The molecule has 2 amide bonds. The van der Waals surface area contributed by atoms with Crippen LogP contribution in [0.15, 0.2) is 48.5 Å². The molecule has 0 spiro atoms. The number of carbonyl (C=O) groups is 2. The van der Waals surface area contributed by atoms with E-state index in [1.807, 2.05) is 24.3 Å². The van der Waals surface area contributed by atoms with Crippen LogP contribution >= 0.6 is 11.6 Å². The van der Waals surface area contributed by atoms with E-state index in [2.05, 4.69) is 20.4 Å². The molecule has 0 saturated carbocycles. The van der Waals surface area contributed by atoms with Crippen molar-refractivity contribution in [2.75, 3.05) is 56.6 Å². The minimum Gasteiger partial charge on any atom is -0.495 e. The first-order chi connectivity index (χ1) is 14.6. The highest BCUT2D eigenvalue weighted by atomic mass is 35.5. The standard InChI is InChI=1S/C22H27ClN4O3/c1-30-20-6-3-2-5-19(20)25-22(29)21(28)24-11-4-12-26-13-15-27(16-14-26)18-9-7-17(23)8-10-18/h2-3,5-10H,4,11-16H2,1H3,(H,24,28)(H,25,29). The molecule has 30 heavy (non-hydrogen) atoms. The number of nitrogens with zero attached hydrogens (tertiary/aromatic N) is 2. The van der Waals surface area contributed by atoms with Gasteiger partial charge in [-0.15, -0.1) is 0 Å². The highest BCUT2D eigenvalue weighted by molar-refractivity contribution is 6.39. The van der Waals surface area contributed by atoms with Crippen LogP contribution in [0.2, 0.25) is 5.02 Å². The van der Waals surface area contributed by atoms with Crippen LogP contribution in [0, 0.1) is 0 Å². The lowest BCUT2D eigenvalue weighted by molar-refractivity contribution is -0.136. The first-order valence-electron chi connectivity index (χ1n) is 10.0. The zero-order chi connectivity index (χ0) is 21.3. The second kappa shape index (κ2) is 10.8. The van der Waals surface area contributed by atoms with E-state index in [1.165, 1.54) is 12.8 Å². The third-order valence-electron chi connectivity index (χ3n) is 5.06. The van der Waals surface area contributed by atoms with Crippen molar-refractivity contribution in [2.45, 2.75) is 6.42 Å². The van der Waals surface area contributed by atoms with Gasteiger partial charge in [0.1, 0.15) is 5.75 Å². The summed E-state index contributed by atoms with van der Waals surface area (Å²) in [7, 11) is 1.51. The average molecular weight is 431 g/mol. The van der Waals surface area contributed by atoms with Gasteiger partial charge in [-0.2, -0.15) is 0 Å². The quantitative estimate of drug-likeness (QED) is 0.521. The molecule has 1 fully saturated rings. The number of hydrogen-bond acceptors (Lipinski definition) is 5. The predicted molar refractivity (Wildman–Crippen MR) is 119 cm³/mol. The largest absolute Gasteiger partial charge is 0.495 e. The second-order valence-corrected chi connectivity index (χ2v) is 7.51. The summed E-state index contributed by atoms with van der Waals surface area (Å²) < 4.78 is 5.17. The monoisotopic (exact) mass is 430 g/mol. The number of para-hydroxylation sites is 2. The molecule has 0 atom stereocenters. The maximum atomic E-state index is 12.1. The molecule has 1 aliphatic heterocycles. The van der Waals surface area contributed by atoms with Gasteiger partial charge in [0.25, 0.3) is 0 Å². The van der Waals surface area contributed by atoms with Crippen LogP contribution in [-0.2, 0) is 9.59 Å². The molecule has 2 aromatic rings. The van der Waals surface area contributed by atoms with E-state index < -0.39 is 11.8 Å². The Balaban J connectivity index is 1.33. The summed E-state index contributed by atoms with van der Waals surface area (Å²) in [4.78, 5) is 28.8. The van der Waals surface area contributed by atoms with E-state index in [0.717, 1.165) is 44.2 Å². The van der Waals surface area contributed by atoms with E-state index in [4.69, 9.17) is 16.3 Å². The van der Waals surface area contributed by atoms with Crippen LogP contribution < -0.4 is 20.3 Å². The molecule has 0 aromatic heterocycles. The number of hydrogen-bond donors (Lipinski definition) is 2. The summed E-state index contributed by atoms with van der Waals surface area (Å²) in [5, 5.41) is 6.00. The topological polar surface area (TPSA) is 73.9 Å². The lowest BCUT2D eigenvalue weighted by Gasteiger charge is -2.36. The summed E-state index contributed by atoms with van der Waals surface area (Å²) in [5.41, 5.74) is 1.66. The summed E-state index contributed by atoms with van der Waals surface area (Å²) in [5.74, 6) is -0.832. The number of carbonyl (C=O) groups excluding carboxylic acids is 2. The number of nitrogens with one attached hydrogen (secondary N) is 2. The smallest absolute Gasteiger partial charge is 0.313 e. The Hall–Kier alpha value is -2.77. The van der Waals surface area contributed by atoms with Crippen molar-refractivity contribution in [3.63, 3.8) is 0 Å². The highest BCUT2D eigenvalue weighted by Crippen LogP contribution is 2.22. The van der Waals surface area contributed by atoms with Crippen molar-refractivity contribution in [1.82, 2.24) is 10.2 Å². The number of piperazine rings is 1. The average Bonchev–Trinajstić information content (AvgIpc) is 2.78. The third-order valence-corrected chi connectivity index (χ3v) is 5.31. The molecule has 0 unspecified atom stereocenters. The SMILES string of the molecule is COc1ccccc1NC(=O)C(=O)NCCCN1CCN(c2ccc(Cl)cc2)CC1. The first-order valence-corrected chi connectivity index (χ1v) is 10.4. The minimum absolute atomic E-state index is 0.454. The summed E-state index contributed by atoms with van der Waals surface area (Å²) in [6.45, 7) is 5.17. The number of ether oxygens (including phenoxy) is 1. The van der Waals surface area contributed by atoms with Gasteiger partial charge in [-0.3, -0.25) is 14.5 Å². The number of benzene rings is 2. The number of methoxy groups -OCH3 is 1. The van der Waals surface area contributed by atoms with Crippen molar-refractivity contribution in [3.8, 4) is 5.75 Å². The van der Waals surface area contributed by atoms with Gasteiger partial charge in [-0.25, -0.2) is 0 Å². The van der Waals surface area contributed by atoms with Crippen LogP contribution in [-0.4, -0.2) is 63.1 Å². The molecular formula is C22H27ClN4O3. The maximum Gasteiger partial charge on any atom is 0.313 e. The van der Waals surface area contributed by atoms with Gasteiger partial charge in [-0.05, 0) is 49.4 Å². The van der Waals surface area contributed by atoms with Crippen molar-refractivity contribution >= 4 is 34.8 Å². The van der Waals surface area contributed by atoms with Gasteiger partial charge >= 0.3 is 11.8 Å². The molecule has 7 nitrogen and oxygen atoms in total. The second-order valence-electron chi connectivity index (χ2n) is 7.07. The van der Waals surface area contributed by atoms with Gasteiger partial charge in [0.2, 0.25) is 0 Å². The van der Waals surface area contributed by atoms with Gasteiger partial charge < -0.3 is 20.3 Å². The number of rotatable bonds is 7. The van der Waals surface area contributed by atoms with Crippen LogP contribution in [0.3, 0.4) is 0 Å². The number of anilines is 2. The third kappa shape index (κ3) is 6.11. The Morgan fingerprint density at radius 2 is 1.70 bits per heavy atom. The summed E-state index contributed by atoms with van der Waals surface area (Å²) >= 11 is 5.95. The van der Waals surface area contributed by atoms with Gasteiger partial charge in [0.05, 0.1) is 12.8 Å². The number of halogens is 1. The van der Waals surface area contributed by atoms with Crippen LogP contribution in [0.25, 0.3) is 0 Å². The van der Waals surface area contributed by atoms with Crippen LogP contribution in [0.5, 0.6) is 5.75 Å². The number of amides is 2. The van der Waals surface area contributed by atoms with E-state index in [-0.39, 0.29) is 0 Å². The van der Waals surface area contributed by atoms with E-state index >= 15 is 0 Å². The molecule has 3 rings (SSSR count). The molecule has 1 heterocycles. The fourth-order valence-corrected chi connectivity index (χ4v) is 3.52. The van der Waals surface area contributed by atoms with Crippen molar-refractivity contribution in [2.24, 2.45) is 0 Å². The minimum atomic E-state index is -0.698. The lowest BCUT2D eigenvalue weighted by atomic mass is 10.2. The zero-order valence-electron chi connectivity index (χ0n) is 17.1. The summed E-state index contributed by atoms with van der Waals surface area (Å²) in [6.07, 6.45) is 0.786. The van der Waals surface area contributed by atoms with E-state index in [1.54, 1.807) is 24.3 Å². The van der Waals surface area contributed by atoms with Crippen LogP contribution in [0.4, 0.5) is 11.4 Å². The molecule has 8 heteroatoms. The predicted octanol–water partition coefficient (Wildman–Crippen LogP) is 2.62. The zero-order valence-corrected chi connectivity index (χ0v) is 17.8. The molecule has 0 bridgehead atoms. The highest BCUT2D eigenvalue weighted by Gasteiger charge is 2.18. The van der Waals surface area contributed by atoms with E-state index in [9.17, 15) is 9.59 Å². The van der Waals surface area contributed by atoms with Gasteiger partial charge in [0.15, 0.2) is 0 Å². The Morgan fingerprint density at radius 1 is 1.00 bits per heavy atom. The van der Waals surface area contributed by atoms with Crippen molar-refractivity contribution in [1.29, 1.82) is 0 Å². The Morgan fingerprint density at radius 3 is 2.40 bits per heavy atom. The maximum absolute atomic E-state index is 12.1. The molecule has 0 aliphatic carbocycles. The fourth-order valence-electron chi connectivity index (χ4n) is 3.39. The van der Waals surface area contributed by atoms with E-state index in [0.29, 0.717) is 18.0 Å². The molecule has 0 radical (unpaired) electrons. The van der Waals surface area contributed by atoms with Crippen molar-refractivity contribution < 1.29 is 14.3 Å². The molecule has 1 saturated heterocycles. The molecular weight excluding hydrogens is 404 g/mol. The lowest BCUT2D eigenvalue weighted by Crippen LogP contribution is -2.47. The molecule has 2 aromatic carbocycles. The molecule has 2 N–H and O–H groups in total. The fraction of sp³-hybridized carbons (Fsp3) is 0.364. The van der Waals surface area contributed by atoms with Crippen molar-refractivity contribution in [3.05, 3.63) is 53.6 Å². The Labute approximate surface area is 181 Å². The summed E-state index contributed by atoms with van der Waals surface area (Å²) in [6, 6.07) is 14.9. The molecule has 1 aliphatic rings.